The zero-order valence-electron chi connectivity index (χ0n) is 12.3. The number of aryl methyl sites for hydroxylation is 2. The lowest BCUT2D eigenvalue weighted by atomic mass is 9.95. The zero-order chi connectivity index (χ0) is 14.1. The largest absolute Gasteiger partial charge is 0.493 e. The Morgan fingerprint density at radius 2 is 1.95 bits per heavy atom. The first-order chi connectivity index (χ1) is 10.4. The number of hydrogen-bond donors (Lipinski definition) is 1. The molecule has 0 fully saturated rings. The zero-order valence-corrected chi connectivity index (χ0v) is 12.3. The average Bonchev–Trinajstić information content (AvgIpc) is 2.55. The summed E-state index contributed by atoms with van der Waals surface area (Å²) in [5.74, 6) is 1.14. The molecule has 2 aromatic rings. The molecule has 2 heteroatoms. The quantitative estimate of drug-likeness (QED) is 0.898. The SMILES string of the molecule is c1cc2c(c(Cc3ccc4c(c3)CCCN4)c1)OCCC2. The maximum atomic E-state index is 5.93. The standard InChI is InChI=1S/C19H21NO/c1-4-15-7-3-11-21-19(15)17(5-1)13-14-8-9-18-16(12-14)6-2-10-20-18/h1,4-5,8-9,12,20H,2-3,6-7,10-11,13H2. The lowest BCUT2D eigenvalue weighted by Gasteiger charge is -2.21. The van der Waals surface area contributed by atoms with E-state index in [0.717, 1.165) is 38.2 Å². The Labute approximate surface area is 126 Å². The van der Waals surface area contributed by atoms with E-state index in [1.54, 1.807) is 0 Å². The molecule has 0 unspecified atom stereocenters. The molecule has 2 aliphatic heterocycles. The Kier molecular flexibility index (Phi) is 3.30. The van der Waals surface area contributed by atoms with E-state index >= 15 is 0 Å². The van der Waals surface area contributed by atoms with Gasteiger partial charge in [0.25, 0.3) is 0 Å². The van der Waals surface area contributed by atoms with E-state index in [-0.39, 0.29) is 0 Å². The van der Waals surface area contributed by atoms with Gasteiger partial charge in [0.05, 0.1) is 6.61 Å². The van der Waals surface area contributed by atoms with Crippen LogP contribution in [0.25, 0.3) is 0 Å². The average molecular weight is 279 g/mol. The van der Waals surface area contributed by atoms with Gasteiger partial charge in [-0.05, 0) is 54.0 Å². The van der Waals surface area contributed by atoms with E-state index < -0.39 is 0 Å². The first kappa shape index (κ1) is 12.8. The first-order valence-electron chi connectivity index (χ1n) is 7.99. The molecule has 0 amide bonds. The number of hydrogen-bond acceptors (Lipinski definition) is 2. The Morgan fingerprint density at radius 1 is 1.00 bits per heavy atom. The van der Waals surface area contributed by atoms with Crippen LogP contribution in [0.4, 0.5) is 5.69 Å². The fourth-order valence-corrected chi connectivity index (χ4v) is 3.45. The smallest absolute Gasteiger partial charge is 0.125 e. The van der Waals surface area contributed by atoms with Gasteiger partial charge in [0.1, 0.15) is 5.75 Å². The van der Waals surface area contributed by atoms with Gasteiger partial charge in [-0.1, -0.05) is 30.3 Å². The number of ether oxygens (including phenoxy) is 1. The van der Waals surface area contributed by atoms with Gasteiger partial charge in [0.2, 0.25) is 0 Å². The Morgan fingerprint density at radius 3 is 2.95 bits per heavy atom. The number of para-hydroxylation sites is 1. The Balaban J connectivity index is 1.64. The fraction of sp³-hybridized carbons (Fsp3) is 0.368. The van der Waals surface area contributed by atoms with E-state index in [0.29, 0.717) is 0 Å². The van der Waals surface area contributed by atoms with Gasteiger partial charge < -0.3 is 10.1 Å². The molecule has 2 heterocycles. The number of anilines is 1. The van der Waals surface area contributed by atoms with Crippen molar-refractivity contribution in [3.8, 4) is 5.75 Å². The monoisotopic (exact) mass is 279 g/mol. The molecule has 0 atom stereocenters. The predicted molar refractivity (Wildman–Crippen MR) is 86.3 cm³/mol. The van der Waals surface area contributed by atoms with Gasteiger partial charge in [0.15, 0.2) is 0 Å². The van der Waals surface area contributed by atoms with Gasteiger partial charge in [-0.15, -0.1) is 0 Å². The fourth-order valence-electron chi connectivity index (χ4n) is 3.45. The van der Waals surface area contributed by atoms with Crippen molar-refractivity contribution < 1.29 is 4.74 Å². The maximum Gasteiger partial charge on any atom is 0.125 e. The van der Waals surface area contributed by atoms with Crippen LogP contribution in [-0.2, 0) is 19.3 Å². The second-order valence-electron chi connectivity index (χ2n) is 6.06. The van der Waals surface area contributed by atoms with Crippen LogP contribution in [0.5, 0.6) is 5.75 Å². The normalized spacial score (nSPS) is 16.4. The minimum Gasteiger partial charge on any atom is -0.493 e. The molecule has 2 aliphatic rings. The molecule has 0 bridgehead atoms. The second kappa shape index (κ2) is 5.44. The van der Waals surface area contributed by atoms with Crippen LogP contribution in [0.15, 0.2) is 36.4 Å². The minimum absolute atomic E-state index is 0.859. The summed E-state index contributed by atoms with van der Waals surface area (Å²) in [5, 5.41) is 3.48. The van der Waals surface area contributed by atoms with Crippen LogP contribution >= 0.6 is 0 Å². The molecule has 2 nitrogen and oxygen atoms in total. The third-order valence-electron chi connectivity index (χ3n) is 4.52. The van der Waals surface area contributed by atoms with E-state index in [1.165, 1.54) is 40.8 Å². The van der Waals surface area contributed by atoms with Crippen LogP contribution in [0.3, 0.4) is 0 Å². The molecule has 0 spiro atoms. The summed E-state index contributed by atoms with van der Waals surface area (Å²) in [5.41, 5.74) is 6.87. The van der Waals surface area contributed by atoms with Gasteiger partial charge in [-0.25, -0.2) is 0 Å². The predicted octanol–water partition coefficient (Wildman–Crippen LogP) is 3.96. The molecule has 0 radical (unpaired) electrons. The van der Waals surface area contributed by atoms with E-state index in [1.807, 2.05) is 0 Å². The van der Waals surface area contributed by atoms with E-state index in [4.69, 9.17) is 4.74 Å². The molecule has 21 heavy (non-hydrogen) atoms. The van der Waals surface area contributed by atoms with Crippen molar-refractivity contribution in [2.24, 2.45) is 0 Å². The molecule has 1 N–H and O–H groups in total. The van der Waals surface area contributed by atoms with Crippen molar-refractivity contribution in [2.45, 2.75) is 32.1 Å². The Bertz CT molecular complexity index is 663. The van der Waals surface area contributed by atoms with Gasteiger partial charge in [0, 0.05) is 18.7 Å². The molecular weight excluding hydrogens is 258 g/mol. The highest BCUT2D eigenvalue weighted by Crippen LogP contribution is 2.31. The summed E-state index contributed by atoms with van der Waals surface area (Å²) in [6.45, 7) is 1.96. The number of fused-ring (bicyclic) bond motifs is 2. The van der Waals surface area contributed by atoms with Crippen molar-refractivity contribution in [1.29, 1.82) is 0 Å². The summed E-state index contributed by atoms with van der Waals surface area (Å²) in [4.78, 5) is 0. The van der Waals surface area contributed by atoms with Crippen molar-refractivity contribution in [1.82, 2.24) is 0 Å². The van der Waals surface area contributed by atoms with Crippen LogP contribution in [0, 0.1) is 0 Å². The van der Waals surface area contributed by atoms with Gasteiger partial charge in [-0.2, -0.15) is 0 Å². The molecular formula is C19H21NO. The lowest BCUT2D eigenvalue weighted by Crippen LogP contribution is -2.12. The number of rotatable bonds is 2. The number of benzene rings is 2. The van der Waals surface area contributed by atoms with Crippen LogP contribution in [0.2, 0.25) is 0 Å². The number of nitrogens with one attached hydrogen (secondary N) is 1. The molecule has 0 saturated carbocycles. The third-order valence-corrected chi connectivity index (χ3v) is 4.52. The Hall–Kier alpha value is -1.96. The molecule has 108 valence electrons. The van der Waals surface area contributed by atoms with Gasteiger partial charge in [-0.3, -0.25) is 0 Å². The van der Waals surface area contributed by atoms with Crippen molar-refractivity contribution >= 4 is 5.69 Å². The van der Waals surface area contributed by atoms with Crippen molar-refractivity contribution in [3.63, 3.8) is 0 Å². The first-order valence-corrected chi connectivity index (χ1v) is 7.99. The van der Waals surface area contributed by atoms with E-state index in [2.05, 4.69) is 41.7 Å². The molecule has 0 aliphatic carbocycles. The summed E-state index contributed by atoms with van der Waals surface area (Å²) >= 11 is 0. The topological polar surface area (TPSA) is 21.3 Å². The molecule has 0 aromatic heterocycles. The van der Waals surface area contributed by atoms with Gasteiger partial charge >= 0.3 is 0 Å². The van der Waals surface area contributed by atoms with Crippen LogP contribution in [0.1, 0.15) is 35.1 Å². The summed E-state index contributed by atoms with van der Waals surface area (Å²) in [6.07, 6.45) is 5.69. The second-order valence-corrected chi connectivity index (χ2v) is 6.06. The minimum atomic E-state index is 0.859. The highest BCUT2D eigenvalue weighted by atomic mass is 16.5. The highest BCUT2D eigenvalue weighted by molar-refractivity contribution is 5.55. The van der Waals surface area contributed by atoms with Crippen LogP contribution in [-0.4, -0.2) is 13.2 Å². The highest BCUT2D eigenvalue weighted by Gasteiger charge is 2.15. The summed E-state index contributed by atoms with van der Waals surface area (Å²) in [6, 6.07) is 13.4. The van der Waals surface area contributed by atoms with Crippen molar-refractivity contribution in [3.05, 3.63) is 58.7 Å². The van der Waals surface area contributed by atoms with Crippen LogP contribution < -0.4 is 10.1 Å². The molecule has 4 rings (SSSR count). The maximum absolute atomic E-state index is 5.93. The third kappa shape index (κ3) is 2.51. The lowest BCUT2D eigenvalue weighted by molar-refractivity contribution is 0.285. The summed E-state index contributed by atoms with van der Waals surface area (Å²) in [7, 11) is 0. The molecule has 2 aromatic carbocycles. The van der Waals surface area contributed by atoms with E-state index in [9.17, 15) is 0 Å². The van der Waals surface area contributed by atoms with Crippen molar-refractivity contribution in [2.75, 3.05) is 18.5 Å². The summed E-state index contributed by atoms with van der Waals surface area (Å²) < 4.78 is 5.93. The molecule has 0 saturated heterocycles.